The molecule has 0 atom stereocenters. The van der Waals surface area contributed by atoms with E-state index >= 15 is 0 Å². The molecule has 0 radical (unpaired) electrons. The summed E-state index contributed by atoms with van der Waals surface area (Å²) in [5, 5.41) is 17.0. The van der Waals surface area contributed by atoms with Gasteiger partial charge in [-0.15, -0.1) is 0 Å². The summed E-state index contributed by atoms with van der Waals surface area (Å²) in [6.45, 7) is 3.92. The summed E-state index contributed by atoms with van der Waals surface area (Å²) in [7, 11) is 0. The summed E-state index contributed by atoms with van der Waals surface area (Å²) in [6.07, 6.45) is 2.73. The van der Waals surface area contributed by atoms with Crippen LogP contribution in [0.1, 0.15) is 41.5 Å². The van der Waals surface area contributed by atoms with Gasteiger partial charge >= 0.3 is 5.97 Å². The lowest BCUT2D eigenvalue weighted by Gasteiger charge is -2.21. The molecule has 1 aliphatic rings. The van der Waals surface area contributed by atoms with Gasteiger partial charge in [0.05, 0.1) is 17.0 Å². The van der Waals surface area contributed by atoms with Crippen molar-refractivity contribution >= 4 is 11.9 Å². The smallest absolute Gasteiger partial charge is 0.323 e. The highest BCUT2D eigenvalue weighted by atomic mass is 16.4. The van der Waals surface area contributed by atoms with Crippen LogP contribution >= 0.6 is 0 Å². The van der Waals surface area contributed by atoms with Crippen LogP contribution in [0, 0.1) is 12.8 Å². The molecule has 1 aromatic rings. The summed E-state index contributed by atoms with van der Waals surface area (Å²) >= 11 is 0. The second-order valence-electron chi connectivity index (χ2n) is 5.22. The number of aryl methyl sites for hydroxylation is 2. The average molecular weight is 277 g/mol. The maximum atomic E-state index is 12.6. The lowest BCUT2D eigenvalue weighted by Crippen LogP contribution is -2.38. The van der Waals surface area contributed by atoms with Gasteiger partial charge in [0, 0.05) is 6.54 Å². The predicted molar refractivity (Wildman–Crippen MR) is 72.4 cm³/mol. The molecule has 0 bridgehead atoms. The lowest BCUT2D eigenvalue weighted by atomic mass is 10.1. The van der Waals surface area contributed by atoms with E-state index in [1.165, 1.54) is 4.90 Å². The van der Waals surface area contributed by atoms with Crippen molar-refractivity contribution in [1.82, 2.24) is 15.1 Å². The van der Waals surface area contributed by atoms with Crippen molar-refractivity contribution in [3.8, 4) is 0 Å². The lowest BCUT2D eigenvalue weighted by molar-refractivity contribution is -0.137. The van der Waals surface area contributed by atoms with Gasteiger partial charge in [-0.1, -0.05) is 6.92 Å². The Labute approximate surface area is 117 Å². The number of hydrogen-bond donors (Lipinski definition) is 1. The van der Waals surface area contributed by atoms with E-state index in [-0.39, 0.29) is 12.5 Å². The number of amides is 1. The van der Waals surface area contributed by atoms with Crippen molar-refractivity contribution < 1.29 is 14.7 Å². The number of aromatic nitrogens is 2. The fraction of sp³-hybridized carbons (Fsp3) is 0.571. The van der Waals surface area contributed by atoms with E-state index in [0.717, 1.165) is 12.8 Å². The van der Waals surface area contributed by atoms with E-state index in [9.17, 15) is 9.59 Å². The summed E-state index contributed by atoms with van der Waals surface area (Å²) in [4.78, 5) is 24.9. The number of carbonyl (C=O) groups is 2. The predicted octanol–water partition coefficient (Wildman–Crippen LogP) is 1.28. The topological polar surface area (TPSA) is 83.4 Å². The van der Waals surface area contributed by atoms with E-state index < -0.39 is 5.97 Å². The molecule has 1 aromatic heterocycles. The molecule has 1 N–H and O–H groups in total. The van der Waals surface area contributed by atoms with Crippen molar-refractivity contribution in [2.75, 3.05) is 13.1 Å². The Bertz CT molecular complexity index is 526. The third-order valence-electron chi connectivity index (χ3n) is 3.35. The fourth-order valence-corrected chi connectivity index (χ4v) is 2.13. The maximum absolute atomic E-state index is 12.6. The van der Waals surface area contributed by atoms with E-state index in [1.807, 2.05) is 6.92 Å². The number of carboxylic acid groups (broad SMARTS) is 1. The van der Waals surface area contributed by atoms with Crippen LogP contribution in [0.25, 0.3) is 0 Å². The Morgan fingerprint density at radius 2 is 2.10 bits per heavy atom. The van der Waals surface area contributed by atoms with Crippen LogP contribution in [0.4, 0.5) is 0 Å². The molecule has 1 heterocycles. The molecule has 20 heavy (non-hydrogen) atoms. The van der Waals surface area contributed by atoms with Crippen molar-refractivity contribution in [3.63, 3.8) is 0 Å². The van der Waals surface area contributed by atoms with Gasteiger partial charge < -0.3 is 10.0 Å². The molecule has 0 saturated heterocycles. The molecule has 1 aliphatic carbocycles. The van der Waals surface area contributed by atoms with Gasteiger partial charge in [0.15, 0.2) is 0 Å². The Hall–Kier alpha value is -1.98. The summed E-state index contributed by atoms with van der Waals surface area (Å²) in [5.41, 5.74) is 1.75. The summed E-state index contributed by atoms with van der Waals surface area (Å²) in [5.74, 6) is -0.802. The van der Waals surface area contributed by atoms with E-state index in [2.05, 4.69) is 10.2 Å². The zero-order chi connectivity index (χ0) is 14.7. The first-order valence-electron chi connectivity index (χ1n) is 6.85. The summed E-state index contributed by atoms with van der Waals surface area (Å²) < 4.78 is 0. The van der Waals surface area contributed by atoms with Crippen molar-refractivity contribution in [3.05, 3.63) is 23.0 Å². The van der Waals surface area contributed by atoms with Crippen LogP contribution in [0.5, 0.6) is 0 Å². The molecule has 6 heteroatoms. The van der Waals surface area contributed by atoms with Gasteiger partial charge in [0.1, 0.15) is 6.54 Å². The highest BCUT2D eigenvalue weighted by Crippen LogP contribution is 2.30. The quantitative estimate of drug-likeness (QED) is 0.847. The monoisotopic (exact) mass is 277 g/mol. The molecule has 0 spiro atoms. The van der Waals surface area contributed by atoms with E-state index in [0.29, 0.717) is 35.8 Å². The van der Waals surface area contributed by atoms with Gasteiger partial charge in [-0.05, 0) is 38.2 Å². The largest absolute Gasteiger partial charge is 0.480 e. The molecule has 108 valence electrons. The highest BCUT2D eigenvalue weighted by molar-refractivity contribution is 5.96. The van der Waals surface area contributed by atoms with Gasteiger partial charge in [0.25, 0.3) is 5.91 Å². The second-order valence-corrected chi connectivity index (χ2v) is 5.22. The van der Waals surface area contributed by atoms with Crippen LogP contribution in [-0.4, -0.2) is 45.2 Å². The van der Waals surface area contributed by atoms with Crippen molar-refractivity contribution in [2.45, 2.75) is 33.1 Å². The number of carbonyl (C=O) groups excluding carboxylic acids is 1. The molecule has 0 unspecified atom stereocenters. The Balaban J connectivity index is 2.25. The zero-order valence-electron chi connectivity index (χ0n) is 11.8. The molecule has 0 aliphatic heterocycles. The summed E-state index contributed by atoms with van der Waals surface area (Å²) in [6, 6.07) is 1.69. The molecule has 1 saturated carbocycles. The van der Waals surface area contributed by atoms with Crippen LogP contribution in [-0.2, 0) is 11.2 Å². The molecule has 1 fully saturated rings. The van der Waals surface area contributed by atoms with Crippen LogP contribution < -0.4 is 0 Å². The van der Waals surface area contributed by atoms with Gasteiger partial charge in [0.2, 0.25) is 0 Å². The highest BCUT2D eigenvalue weighted by Gasteiger charge is 2.29. The van der Waals surface area contributed by atoms with Crippen LogP contribution in [0.15, 0.2) is 6.07 Å². The van der Waals surface area contributed by atoms with E-state index in [1.54, 1.807) is 13.0 Å². The Morgan fingerprint density at radius 3 is 2.65 bits per heavy atom. The minimum atomic E-state index is -0.990. The van der Waals surface area contributed by atoms with Gasteiger partial charge in [-0.2, -0.15) is 10.2 Å². The molecule has 1 amide bonds. The number of nitrogens with zero attached hydrogens (tertiary/aromatic N) is 3. The van der Waals surface area contributed by atoms with Crippen LogP contribution in [0.3, 0.4) is 0 Å². The zero-order valence-corrected chi connectivity index (χ0v) is 11.8. The molecular formula is C14H19N3O3. The number of hydrogen-bond acceptors (Lipinski definition) is 4. The van der Waals surface area contributed by atoms with Crippen LogP contribution in [0.2, 0.25) is 0 Å². The fourth-order valence-electron chi connectivity index (χ4n) is 2.13. The van der Waals surface area contributed by atoms with Gasteiger partial charge in [-0.3, -0.25) is 9.59 Å². The average Bonchev–Trinajstić information content (AvgIpc) is 3.20. The molecule has 2 rings (SSSR count). The normalized spacial score (nSPS) is 14.1. The molecular weight excluding hydrogens is 258 g/mol. The molecule has 0 aromatic carbocycles. The maximum Gasteiger partial charge on any atom is 0.323 e. The number of carboxylic acids is 1. The number of aliphatic carboxylic acids is 1. The Kier molecular flexibility index (Phi) is 4.32. The number of rotatable bonds is 6. The van der Waals surface area contributed by atoms with E-state index in [4.69, 9.17) is 5.11 Å². The minimum Gasteiger partial charge on any atom is -0.480 e. The SMILES string of the molecule is CCc1nnc(C)cc1C(=O)N(CC(=O)O)CC1CC1. The third kappa shape index (κ3) is 3.53. The second kappa shape index (κ2) is 5.98. The standard InChI is InChI=1S/C14H19N3O3/c1-3-12-11(6-9(2)15-16-12)14(20)17(8-13(18)19)7-10-4-5-10/h6,10H,3-5,7-8H2,1-2H3,(H,18,19). The first-order chi connectivity index (χ1) is 9.51. The van der Waals surface area contributed by atoms with Crippen molar-refractivity contribution in [1.29, 1.82) is 0 Å². The molecule has 6 nitrogen and oxygen atoms in total. The first-order valence-corrected chi connectivity index (χ1v) is 6.85. The Morgan fingerprint density at radius 1 is 1.40 bits per heavy atom. The third-order valence-corrected chi connectivity index (χ3v) is 3.35. The van der Waals surface area contributed by atoms with Crippen molar-refractivity contribution in [2.24, 2.45) is 5.92 Å². The first kappa shape index (κ1) is 14.4. The minimum absolute atomic E-state index is 0.255. The van der Waals surface area contributed by atoms with Gasteiger partial charge in [-0.25, -0.2) is 0 Å².